The fourth-order valence-electron chi connectivity index (χ4n) is 0.706. The summed E-state index contributed by atoms with van der Waals surface area (Å²) in [5, 5.41) is 0. The third-order valence-electron chi connectivity index (χ3n) is 1.31. The molecule has 10 heavy (non-hydrogen) atoms. The summed E-state index contributed by atoms with van der Waals surface area (Å²) in [6.45, 7) is 6.37. The molecule has 0 bridgehead atoms. The zero-order valence-electron chi connectivity index (χ0n) is 6.44. The van der Waals surface area contributed by atoms with E-state index >= 15 is 0 Å². The molecule has 0 fully saturated rings. The monoisotopic (exact) mass is 202 g/mol. The summed E-state index contributed by atoms with van der Waals surface area (Å²) >= 11 is 3.33. The van der Waals surface area contributed by atoms with Crippen molar-refractivity contribution in [1.82, 2.24) is 0 Å². The first-order chi connectivity index (χ1) is 4.50. The molecule has 0 saturated carbocycles. The molecule has 0 aliphatic carbocycles. The van der Waals surface area contributed by atoms with E-state index in [1.165, 1.54) is 0 Å². The highest BCUT2D eigenvalue weighted by Gasteiger charge is 2.17. The Kier molecular flexibility index (Phi) is 1.90. The molecule has 0 aliphatic rings. The highest BCUT2D eigenvalue weighted by atomic mass is 79.9. The minimum atomic E-state index is 0.117. The van der Waals surface area contributed by atoms with Crippen LogP contribution in [-0.2, 0) is 5.41 Å². The first kappa shape index (κ1) is 7.86. The fourth-order valence-corrected chi connectivity index (χ4v) is 1.01. The molecule has 1 aromatic rings. The van der Waals surface area contributed by atoms with Crippen molar-refractivity contribution in [2.45, 2.75) is 26.2 Å². The Balaban J connectivity index is 2.96. The van der Waals surface area contributed by atoms with E-state index in [0.29, 0.717) is 0 Å². The van der Waals surface area contributed by atoms with Gasteiger partial charge in [-0.25, -0.2) is 0 Å². The van der Waals surface area contributed by atoms with Gasteiger partial charge in [0.25, 0.3) is 0 Å². The molecule has 0 spiro atoms. The zero-order valence-corrected chi connectivity index (χ0v) is 8.03. The van der Waals surface area contributed by atoms with Crippen LogP contribution >= 0.6 is 15.9 Å². The minimum absolute atomic E-state index is 0.117. The van der Waals surface area contributed by atoms with E-state index in [0.717, 1.165) is 10.2 Å². The Morgan fingerprint density at radius 1 is 1.40 bits per heavy atom. The van der Waals surface area contributed by atoms with Crippen molar-refractivity contribution >= 4 is 15.9 Å². The standard InChI is InChI=1S/C8H11BrO/c1-8(2,3)7-4-6(9)5-10-7/h4-5H,1-3H3. The Morgan fingerprint density at radius 2 is 2.00 bits per heavy atom. The lowest BCUT2D eigenvalue weighted by Crippen LogP contribution is -2.08. The van der Waals surface area contributed by atoms with Gasteiger partial charge >= 0.3 is 0 Å². The topological polar surface area (TPSA) is 13.1 Å². The van der Waals surface area contributed by atoms with E-state index in [-0.39, 0.29) is 5.41 Å². The summed E-state index contributed by atoms with van der Waals surface area (Å²) in [7, 11) is 0. The van der Waals surface area contributed by atoms with Gasteiger partial charge in [-0.1, -0.05) is 20.8 Å². The smallest absolute Gasteiger partial charge is 0.110 e. The first-order valence-corrected chi connectivity index (χ1v) is 4.04. The van der Waals surface area contributed by atoms with Crippen molar-refractivity contribution in [1.29, 1.82) is 0 Å². The van der Waals surface area contributed by atoms with Crippen molar-refractivity contribution < 1.29 is 4.42 Å². The fraction of sp³-hybridized carbons (Fsp3) is 0.500. The van der Waals surface area contributed by atoms with Crippen LogP contribution < -0.4 is 0 Å². The summed E-state index contributed by atoms with van der Waals surface area (Å²) in [6, 6.07) is 2.00. The summed E-state index contributed by atoms with van der Waals surface area (Å²) < 4.78 is 6.29. The normalized spacial score (nSPS) is 12.0. The van der Waals surface area contributed by atoms with Crippen molar-refractivity contribution in [2.75, 3.05) is 0 Å². The molecule has 1 aromatic heterocycles. The highest BCUT2D eigenvalue weighted by Crippen LogP contribution is 2.26. The molecule has 0 amide bonds. The van der Waals surface area contributed by atoms with Gasteiger partial charge in [0.15, 0.2) is 0 Å². The highest BCUT2D eigenvalue weighted by molar-refractivity contribution is 9.10. The van der Waals surface area contributed by atoms with E-state index in [1.807, 2.05) is 6.07 Å². The van der Waals surface area contributed by atoms with Crippen molar-refractivity contribution in [3.05, 3.63) is 22.6 Å². The predicted molar refractivity (Wildman–Crippen MR) is 45.1 cm³/mol. The molecule has 0 atom stereocenters. The van der Waals surface area contributed by atoms with Crippen LogP contribution in [0.25, 0.3) is 0 Å². The molecule has 0 aromatic carbocycles. The lowest BCUT2D eigenvalue weighted by atomic mass is 9.94. The Hall–Kier alpha value is -0.240. The molecule has 1 nitrogen and oxygen atoms in total. The van der Waals surface area contributed by atoms with E-state index in [1.54, 1.807) is 6.26 Å². The summed E-state index contributed by atoms with van der Waals surface area (Å²) in [6.07, 6.45) is 1.71. The van der Waals surface area contributed by atoms with Gasteiger partial charge in [-0.2, -0.15) is 0 Å². The van der Waals surface area contributed by atoms with Crippen LogP contribution in [0.1, 0.15) is 26.5 Å². The maximum Gasteiger partial charge on any atom is 0.110 e. The Morgan fingerprint density at radius 3 is 2.20 bits per heavy atom. The van der Waals surface area contributed by atoms with Crippen LogP contribution in [0.15, 0.2) is 21.2 Å². The molecule has 2 heteroatoms. The third kappa shape index (κ3) is 1.63. The second kappa shape index (κ2) is 2.42. The zero-order chi connectivity index (χ0) is 7.78. The average molecular weight is 203 g/mol. The van der Waals surface area contributed by atoms with E-state index in [2.05, 4.69) is 36.7 Å². The number of furan rings is 1. The molecule has 1 rings (SSSR count). The molecule has 0 N–H and O–H groups in total. The van der Waals surface area contributed by atoms with Crippen molar-refractivity contribution in [3.63, 3.8) is 0 Å². The average Bonchev–Trinajstić information content (AvgIpc) is 2.11. The predicted octanol–water partition coefficient (Wildman–Crippen LogP) is 3.34. The second-order valence-corrected chi connectivity index (χ2v) is 4.29. The maximum absolute atomic E-state index is 5.28. The summed E-state index contributed by atoms with van der Waals surface area (Å²) in [5.74, 6) is 1.01. The largest absolute Gasteiger partial charge is 0.468 e. The molecular formula is C8H11BrO. The lowest BCUT2D eigenvalue weighted by molar-refractivity contribution is 0.409. The Labute approximate surface area is 69.6 Å². The number of halogens is 1. The van der Waals surface area contributed by atoms with E-state index < -0.39 is 0 Å². The van der Waals surface area contributed by atoms with E-state index in [4.69, 9.17) is 4.42 Å². The first-order valence-electron chi connectivity index (χ1n) is 3.24. The molecule has 56 valence electrons. The summed E-state index contributed by atoms with van der Waals surface area (Å²) in [4.78, 5) is 0. The van der Waals surface area contributed by atoms with E-state index in [9.17, 15) is 0 Å². The molecule has 0 unspecified atom stereocenters. The number of hydrogen-bond acceptors (Lipinski definition) is 1. The van der Waals surface area contributed by atoms with Gasteiger partial charge < -0.3 is 4.42 Å². The lowest BCUT2D eigenvalue weighted by Gasteiger charge is -2.13. The van der Waals surface area contributed by atoms with Crippen LogP contribution in [0.2, 0.25) is 0 Å². The van der Waals surface area contributed by atoms with Crippen LogP contribution in [-0.4, -0.2) is 0 Å². The molecule has 0 saturated heterocycles. The quantitative estimate of drug-likeness (QED) is 0.630. The van der Waals surface area contributed by atoms with Gasteiger partial charge in [0.2, 0.25) is 0 Å². The van der Waals surface area contributed by atoms with Crippen molar-refractivity contribution in [2.24, 2.45) is 0 Å². The SMILES string of the molecule is CC(C)(C)c1cc(Br)co1. The number of rotatable bonds is 0. The number of hydrogen-bond donors (Lipinski definition) is 0. The van der Waals surface area contributed by atoms with Gasteiger partial charge in [0, 0.05) is 5.41 Å². The third-order valence-corrected chi connectivity index (χ3v) is 1.72. The van der Waals surface area contributed by atoms with Gasteiger partial charge in [-0.3, -0.25) is 0 Å². The second-order valence-electron chi connectivity index (χ2n) is 3.38. The Bertz CT molecular complexity index is 219. The molecule has 1 heterocycles. The summed E-state index contributed by atoms with van der Waals surface area (Å²) in [5.41, 5.74) is 0.117. The van der Waals surface area contributed by atoms with Gasteiger partial charge in [-0.15, -0.1) is 0 Å². The van der Waals surface area contributed by atoms with Gasteiger partial charge in [0.1, 0.15) is 12.0 Å². The van der Waals surface area contributed by atoms with Crippen LogP contribution in [0, 0.1) is 0 Å². The molecule has 0 aliphatic heterocycles. The molecular weight excluding hydrogens is 192 g/mol. The van der Waals surface area contributed by atoms with Gasteiger partial charge in [-0.05, 0) is 22.0 Å². The minimum Gasteiger partial charge on any atom is -0.468 e. The van der Waals surface area contributed by atoms with Gasteiger partial charge in [0.05, 0.1) is 4.47 Å². The van der Waals surface area contributed by atoms with Crippen LogP contribution in [0.3, 0.4) is 0 Å². The van der Waals surface area contributed by atoms with Crippen LogP contribution in [0.5, 0.6) is 0 Å². The maximum atomic E-state index is 5.28. The van der Waals surface area contributed by atoms with Crippen molar-refractivity contribution in [3.8, 4) is 0 Å². The van der Waals surface area contributed by atoms with Crippen LogP contribution in [0.4, 0.5) is 0 Å². The molecule has 0 radical (unpaired) electrons.